The third kappa shape index (κ3) is 6.74. The van der Waals surface area contributed by atoms with Crippen molar-refractivity contribution < 1.29 is 29.6 Å². The Balaban J connectivity index is 0.000000229. The molecule has 53 heavy (non-hydrogen) atoms. The molecule has 0 spiro atoms. The minimum absolute atomic E-state index is 0. The Hall–Kier alpha value is -5.29. The summed E-state index contributed by atoms with van der Waals surface area (Å²) >= 11 is 0. The molecule has 0 fully saturated rings. The van der Waals surface area contributed by atoms with E-state index in [0.29, 0.717) is 0 Å². The number of pyridine rings is 2. The van der Waals surface area contributed by atoms with Crippen molar-refractivity contribution in [3.05, 3.63) is 161 Å². The molecule has 9 rings (SSSR count). The van der Waals surface area contributed by atoms with Gasteiger partial charge in [0.2, 0.25) is 6.71 Å². The van der Waals surface area contributed by atoms with Crippen LogP contribution in [0.3, 0.4) is 0 Å². The van der Waals surface area contributed by atoms with E-state index in [1.807, 2.05) is 48.8 Å². The summed E-state index contributed by atoms with van der Waals surface area (Å²) in [5.41, 5.74) is 18.2. The molecule has 4 heterocycles. The van der Waals surface area contributed by atoms with Gasteiger partial charge in [0, 0.05) is 44.0 Å². The summed E-state index contributed by atoms with van der Waals surface area (Å²) in [6.45, 7) is 14.9. The van der Waals surface area contributed by atoms with Gasteiger partial charge in [0.05, 0.1) is 0 Å². The molecular formula is C47H39BIrN2O2-2. The zero-order valence-corrected chi connectivity index (χ0v) is 33.4. The van der Waals surface area contributed by atoms with E-state index in [2.05, 4.69) is 126 Å². The molecule has 6 heteroatoms. The second-order valence-corrected chi connectivity index (χ2v) is 14.1. The van der Waals surface area contributed by atoms with Crippen molar-refractivity contribution in [3.63, 3.8) is 0 Å². The van der Waals surface area contributed by atoms with Crippen molar-refractivity contribution in [1.82, 2.24) is 9.97 Å². The fraction of sp³-hybridized carbons (Fsp3) is 0.149. The maximum atomic E-state index is 6.61. The molecule has 2 aliphatic rings. The first-order valence-corrected chi connectivity index (χ1v) is 17.8. The summed E-state index contributed by atoms with van der Waals surface area (Å²) in [7, 11) is 0. The number of benzene rings is 5. The Labute approximate surface area is 326 Å². The Bertz CT molecular complexity index is 2480. The predicted molar refractivity (Wildman–Crippen MR) is 213 cm³/mol. The van der Waals surface area contributed by atoms with Gasteiger partial charge >= 0.3 is 0 Å². The van der Waals surface area contributed by atoms with Gasteiger partial charge in [0.25, 0.3) is 0 Å². The molecule has 0 N–H and O–H groups in total. The van der Waals surface area contributed by atoms with Gasteiger partial charge < -0.3 is 19.4 Å². The van der Waals surface area contributed by atoms with Gasteiger partial charge in [0.1, 0.15) is 11.5 Å². The third-order valence-electron chi connectivity index (χ3n) is 10.2. The van der Waals surface area contributed by atoms with Gasteiger partial charge in [0.15, 0.2) is 0 Å². The number of para-hydroxylation sites is 2. The Kier molecular flexibility index (Phi) is 9.96. The van der Waals surface area contributed by atoms with E-state index in [0.717, 1.165) is 67.5 Å². The molecule has 4 nitrogen and oxygen atoms in total. The number of ether oxygens (including phenoxy) is 2. The van der Waals surface area contributed by atoms with Crippen molar-refractivity contribution in [2.45, 2.75) is 48.5 Å². The smallest absolute Gasteiger partial charge is 0.239 e. The molecule has 5 aromatic carbocycles. The third-order valence-corrected chi connectivity index (χ3v) is 10.2. The fourth-order valence-corrected chi connectivity index (χ4v) is 7.48. The van der Waals surface area contributed by atoms with E-state index >= 15 is 0 Å². The quantitative estimate of drug-likeness (QED) is 0.131. The molecule has 263 valence electrons. The Morgan fingerprint density at radius 3 is 1.85 bits per heavy atom. The van der Waals surface area contributed by atoms with Crippen molar-refractivity contribution in [2.75, 3.05) is 0 Å². The molecule has 2 aliphatic heterocycles. The van der Waals surface area contributed by atoms with Crippen molar-refractivity contribution in [1.29, 1.82) is 0 Å². The van der Waals surface area contributed by atoms with E-state index in [1.165, 1.54) is 44.5 Å². The van der Waals surface area contributed by atoms with E-state index in [-0.39, 0.29) is 26.8 Å². The average molecular weight is 867 g/mol. The number of aryl methyl sites for hydroxylation is 7. The van der Waals surface area contributed by atoms with Crippen molar-refractivity contribution in [3.8, 4) is 56.6 Å². The van der Waals surface area contributed by atoms with Crippen LogP contribution >= 0.6 is 0 Å². The second-order valence-electron chi connectivity index (χ2n) is 14.1. The molecule has 0 bridgehead atoms. The van der Waals surface area contributed by atoms with Gasteiger partial charge in [-0.3, -0.25) is 0 Å². The van der Waals surface area contributed by atoms with Crippen LogP contribution in [-0.4, -0.2) is 16.7 Å². The summed E-state index contributed by atoms with van der Waals surface area (Å²) in [5, 5.41) is 0. The summed E-state index contributed by atoms with van der Waals surface area (Å²) in [5.74, 6) is 3.30. The van der Waals surface area contributed by atoms with Crippen molar-refractivity contribution >= 4 is 23.1 Å². The monoisotopic (exact) mass is 867 g/mol. The van der Waals surface area contributed by atoms with Crippen LogP contribution in [-0.2, 0) is 20.1 Å². The van der Waals surface area contributed by atoms with Crippen LogP contribution in [0.15, 0.2) is 109 Å². The van der Waals surface area contributed by atoms with Gasteiger partial charge in [-0.1, -0.05) is 89.7 Å². The molecule has 7 aromatic rings. The summed E-state index contributed by atoms with van der Waals surface area (Å²) < 4.78 is 13.0. The number of rotatable bonds is 3. The zero-order chi connectivity index (χ0) is 36.1. The SMILES string of the molecule is Cc1c[c-]c(-c2cc(C)c(C)cn2)cc1.Cc1cc(C)c(-c2cc(-c3[c-]cc4c5c3Oc3ccccc3B5c3ccccc3O4)ncc2C)c(C)c1.[Ir]. The molecular weight excluding hydrogens is 828 g/mol. The number of nitrogens with zero attached hydrogens (tertiary/aromatic N) is 2. The largest absolute Gasteiger partial charge is 0.503 e. The standard InChI is InChI=1S/C33H25BNO2.C14H14N.Ir/c1-19-15-20(2)31(21(3)16-19)24-17-27(35-18-22(24)4)23-13-14-30-32-33(23)37-29-12-8-6-10-26(29)34(32)25-9-5-7-11-28(25)36-30;1-10-4-6-13(7-5-10)14-8-11(2)12(3)9-15-14;/h5-12,14-18H,1-4H3;4-6,8-9H,1-3H3;/q2*-1;. The molecule has 0 unspecified atom stereocenters. The first kappa shape index (κ1) is 36.1. The van der Waals surface area contributed by atoms with E-state index < -0.39 is 0 Å². The molecule has 0 aliphatic carbocycles. The molecule has 0 atom stereocenters. The minimum Gasteiger partial charge on any atom is -0.503 e. The molecule has 0 saturated heterocycles. The molecule has 2 aromatic heterocycles. The van der Waals surface area contributed by atoms with Gasteiger partial charge in [-0.15, -0.1) is 47.5 Å². The van der Waals surface area contributed by atoms with Gasteiger partial charge in [-0.2, -0.15) is 0 Å². The maximum absolute atomic E-state index is 6.61. The first-order chi connectivity index (χ1) is 25.2. The Morgan fingerprint density at radius 2 is 1.19 bits per heavy atom. The first-order valence-electron chi connectivity index (χ1n) is 17.8. The van der Waals surface area contributed by atoms with Crippen LogP contribution < -0.4 is 25.9 Å². The summed E-state index contributed by atoms with van der Waals surface area (Å²) in [6.07, 6.45) is 3.88. The van der Waals surface area contributed by atoms with Gasteiger partial charge in [-0.05, 0) is 109 Å². The predicted octanol–water partition coefficient (Wildman–Crippen LogP) is 9.65. The number of aromatic nitrogens is 2. The normalized spacial score (nSPS) is 11.8. The minimum atomic E-state index is 0. The number of fused-ring (bicyclic) bond motifs is 4. The molecule has 1 radical (unpaired) electrons. The topological polar surface area (TPSA) is 44.2 Å². The Morgan fingerprint density at radius 1 is 0.547 bits per heavy atom. The van der Waals surface area contributed by atoms with Crippen LogP contribution in [0.5, 0.6) is 23.0 Å². The summed E-state index contributed by atoms with van der Waals surface area (Å²) in [4.78, 5) is 9.27. The zero-order valence-electron chi connectivity index (χ0n) is 31.0. The van der Waals surface area contributed by atoms with Crippen molar-refractivity contribution in [2.24, 2.45) is 0 Å². The van der Waals surface area contributed by atoms with E-state index in [1.54, 1.807) is 0 Å². The maximum Gasteiger partial charge on any atom is 0.239 e. The number of hydrogen-bond acceptors (Lipinski definition) is 4. The van der Waals surface area contributed by atoms with Gasteiger partial charge in [-0.25, -0.2) is 0 Å². The van der Waals surface area contributed by atoms with Crippen LogP contribution in [0.4, 0.5) is 0 Å². The van der Waals surface area contributed by atoms with Crippen LogP contribution in [0.1, 0.15) is 38.9 Å². The second kappa shape index (κ2) is 14.6. The fourth-order valence-electron chi connectivity index (χ4n) is 7.48. The van der Waals surface area contributed by atoms with Crippen LogP contribution in [0.25, 0.3) is 33.6 Å². The van der Waals surface area contributed by atoms with E-state index in [9.17, 15) is 0 Å². The van der Waals surface area contributed by atoms with Crippen LogP contribution in [0, 0.1) is 60.6 Å². The number of hydrogen-bond donors (Lipinski definition) is 0. The summed E-state index contributed by atoms with van der Waals surface area (Å²) in [6, 6.07) is 40.1. The van der Waals surface area contributed by atoms with E-state index in [4.69, 9.17) is 14.5 Å². The molecule has 0 amide bonds. The van der Waals surface area contributed by atoms with Crippen LogP contribution in [0.2, 0.25) is 0 Å². The average Bonchev–Trinajstić information content (AvgIpc) is 3.14. The molecule has 0 saturated carbocycles.